The number of allylic oxidation sites excluding steroid dienone is 2. The molecule has 2 nitrogen and oxygen atoms in total. The molecule has 4 rings (SSSR count). The summed E-state index contributed by atoms with van der Waals surface area (Å²) in [6.07, 6.45) is 6.89. The molecular weight excluding hydrogens is 638 g/mol. The van der Waals surface area contributed by atoms with Crippen LogP contribution in [0.25, 0.3) is 15.0 Å². The minimum Gasteiger partial charge on any atom is -1.00 e. The first-order valence-corrected chi connectivity index (χ1v) is 12.2. The summed E-state index contributed by atoms with van der Waals surface area (Å²) < 4.78 is 8.44. The van der Waals surface area contributed by atoms with Gasteiger partial charge in [-0.05, 0) is 0 Å². The van der Waals surface area contributed by atoms with Crippen LogP contribution in [0.2, 0.25) is 0 Å². The number of hydrogen-bond acceptors (Lipinski definition) is 1. The van der Waals surface area contributed by atoms with Crippen LogP contribution in [0.3, 0.4) is 0 Å². The zero-order valence-corrected chi connectivity index (χ0v) is 20.3. The third-order valence-corrected chi connectivity index (χ3v) is 10.8. The van der Waals surface area contributed by atoms with Gasteiger partial charge in [0.05, 0.1) is 0 Å². The van der Waals surface area contributed by atoms with Gasteiger partial charge in [0.2, 0.25) is 0 Å². The molecular formula is C19H17IN2Te2. The van der Waals surface area contributed by atoms with E-state index in [1.54, 1.807) is 7.01 Å². The van der Waals surface area contributed by atoms with Gasteiger partial charge in [-0.3, -0.25) is 0 Å². The van der Waals surface area contributed by atoms with Crippen molar-refractivity contribution < 1.29 is 28.5 Å². The van der Waals surface area contributed by atoms with Crippen LogP contribution in [-0.4, -0.2) is 48.4 Å². The zero-order chi connectivity index (χ0) is 15.8. The van der Waals surface area contributed by atoms with E-state index in [1.807, 2.05) is 0 Å². The van der Waals surface area contributed by atoms with Crippen molar-refractivity contribution in [3.05, 3.63) is 68.1 Å². The molecule has 0 radical (unpaired) electrons. The molecule has 0 unspecified atom stereocenters. The number of aryl methyl sites for hydroxylation is 1. The van der Waals surface area contributed by atoms with Crippen molar-refractivity contribution in [2.24, 2.45) is 7.05 Å². The van der Waals surface area contributed by atoms with Gasteiger partial charge in [0, 0.05) is 0 Å². The topological polar surface area (TPSA) is 7.12 Å². The smallest absolute Gasteiger partial charge is 1.00 e. The molecule has 1 aliphatic rings. The van der Waals surface area contributed by atoms with E-state index < -0.39 is 0 Å². The molecule has 0 saturated carbocycles. The summed E-state index contributed by atoms with van der Waals surface area (Å²) in [6, 6.07) is 17.6. The molecule has 5 heteroatoms. The number of hydrogen-bond donors (Lipinski definition) is 0. The zero-order valence-electron chi connectivity index (χ0n) is 13.4. The monoisotopic (exact) mass is 660 g/mol. The van der Waals surface area contributed by atoms with Crippen molar-refractivity contribution in [2.75, 3.05) is 11.9 Å². The van der Waals surface area contributed by atoms with Crippen LogP contribution in [0.4, 0.5) is 5.69 Å². The van der Waals surface area contributed by atoms with Crippen molar-refractivity contribution in [3.8, 4) is 0 Å². The van der Waals surface area contributed by atoms with Gasteiger partial charge in [0.1, 0.15) is 0 Å². The SMILES string of the molecule is CN1/C(=C/C=C/c2[te]c3ccccc3[n+]2C)[Te]c2ccccc21.[I-]. The number of halogens is 1. The van der Waals surface area contributed by atoms with Gasteiger partial charge in [-0.2, -0.15) is 0 Å². The Morgan fingerprint density at radius 1 is 1.04 bits per heavy atom. The van der Waals surface area contributed by atoms with Crippen molar-refractivity contribution in [1.82, 2.24) is 0 Å². The standard InChI is InChI=1S/C19H17N2Te2.HI/c1-20-14-8-3-5-10-16(14)22-18(20)12-7-13-19-21(2)15-9-4-6-11-17(15)23-19;/h3-13H,1-2H3;1H/q+1;/p-1. The number of benzene rings is 2. The third kappa shape index (κ3) is 3.48. The van der Waals surface area contributed by atoms with Crippen LogP contribution in [0.1, 0.15) is 3.71 Å². The molecule has 1 aromatic heterocycles. The van der Waals surface area contributed by atoms with Crippen molar-refractivity contribution in [2.45, 2.75) is 0 Å². The predicted octanol–water partition coefficient (Wildman–Crippen LogP) is -0.941. The van der Waals surface area contributed by atoms with E-state index in [0.29, 0.717) is 0 Å². The predicted molar refractivity (Wildman–Crippen MR) is 99.4 cm³/mol. The second-order valence-corrected chi connectivity index (χ2v) is 11.5. The Morgan fingerprint density at radius 3 is 2.58 bits per heavy atom. The van der Waals surface area contributed by atoms with Crippen LogP contribution in [-0.2, 0) is 7.05 Å². The molecule has 122 valence electrons. The Bertz CT molecular complexity index is 943. The Hall–Kier alpha value is -0.301. The summed E-state index contributed by atoms with van der Waals surface area (Å²) in [7, 11) is 4.38. The molecule has 24 heavy (non-hydrogen) atoms. The van der Waals surface area contributed by atoms with E-state index >= 15 is 0 Å². The minimum absolute atomic E-state index is 0. The van der Waals surface area contributed by atoms with Gasteiger partial charge >= 0.3 is 157 Å². The molecule has 0 saturated heterocycles. The van der Waals surface area contributed by atoms with Crippen LogP contribution < -0.4 is 37.1 Å². The van der Waals surface area contributed by atoms with Crippen LogP contribution >= 0.6 is 0 Å². The summed E-state index contributed by atoms with van der Waals surface area (Å²) >= 11 is -0.478. The second kappa shape index (κ2) is 7.94. The first-order valence-electron chi connectivity index (χ1n) is 7.50. The molecule has 0 aliphatic carbocycles. The van der Waals surface area contributed by atoms with Crippen molar-refractivity contribution in [1.29, 1.82) is 0 Å². The maximum absolute atomic E-state index is 2.36. The number of fused-ring (bicyclic) bond motifs is 2. The van der Waals surface area contributed by atoms with Crippen molar-refractivity contribution >= 4 is 65.6 Å². The summed E-state index contributed by atoms with van der Waals surface area (Å²) in [5.41, 5.74) is 2.78. The molecule has 0 atom stereocenters. The summed E-state index contributed by atoms with van der Waals surface area (Å²) in [5.74, 6) is 0. The Kier molecular flexibility index (Phi) is 6.11. The fourth-order valence-corrected chi connectivity index (χ4v) is 8.82. The third-order valence-electron chi connectivity index (χ3n) is 4.02. The van der Waals surface area contributed by atoms with Gasteiger partial charge in [-0.1, -0.05) is 0 Å². The van der Waals surface area contributed by atoms with E-state index in [-0.39, 0.29) is 65.3 Å². The van der Waals surface area contributed by atoms with E-state index in [4.69, 9.17) is 0 Å². The Balaban J connectivity index is 0.00000169. The summed E-state index contributed by atoms with van der Waals surface area (Å²) in [6.45, 7) is 0. The molecule has 0 amide bonds. The molecule has 2 aromatic carbocycles. The van der Waals surface area contributed by atoms with Gasteiger partial charge < -0.3 is 24.0 Å². The molecule has 0 spiro atoms. The van der Waals surface area contributed by atoms with E-state index in [0.717, 1.165) is 0 Å². The first-order chi connectivity index (χ1) is 11.2. The largest absolute Gasteiger partial charge is 1.00 e. The number of rotatable bonds is 2. The average Bonchev–Trinajstić information content (AvgIpc) is 3.07. The number of para-hydroxylation sites is 2. The van der Waals surface area contributed by atoms with E-state index in [1.165, 1.54) is 18.7 Å². The number of anilines is 1. The molecule has 2 heterocycles. The van der Waals surface area contributed by atoms with Gasteiger partial charge in [-0.25, -0.2) is 0 Å². The molecule has 0 fully saturated rings. The van der Waals surface area contributed by atoms with Gasteiger partial charge in [-0.15, -0.1) is 0 Å². The van der Waals surface area contributed by atoms with E-state index in [9.17, 15) is 0 Å². The van der Waals surface area contributed by atoms with E-state index in [2.05, 4.69) is 90.3 Å². The fraction of sp³-hybridized carbons (Fsp3) is 0.105. The summed E-state index contributed by atoms with van der Waals surface area (Å²) in [5, 5.41) is 0. The molecule has 0 N–H and O–H groups in total. The Morgan fingerprint density at radius 2 is 1.79 bits per heavy atom. The maximum Gasteiger partial charge on any atom is -1.00 e. The maximum atomic E-state index is 2.36. The van der Waals surface area contributed by atoms with Gasteiger partial charge in [0.25, 0.3) is 0 Å². The normalized spacial score (nSPS) is 15.2. The minimum atomic E-state index is -0.239. The van der Waals surface area contributed by atoms with Gasteiger partial charge in [0.15, 0.2) is 0 Å². The number of aromatic nitrogens is 1. The fourth-order valence-electron chi connectivity index (χ4n) is 2.75. The van der Waals surface area contributed by atoms with Crippen LogP contribution in [0, 0.1) is 0 Å². The van der Waals surface area contributed by atoms with Crippen LogP contribution in [0.5, 0.6) is 0 Å². The molecule has 3 aromatic rings. The second-order valence-electron chi connectivity index (χ2n) is 5.46. The summed E-state index contributed by atoms with van der Waals surface area (Å²) in [4.78, 5) is 2.36. The Labute approximate surface area is 179 Å². The first kappa shape index (κ1) is 18.5. The van der Waals surface area contributed by atoms with Crippen LogP contribution in [0.15, 0.2) is 64.4 Å². The van der Waals surface area contributed by atoms with Crippen molar-refractivity contribution in [3.63, 3.8) is 0 Å². The quantitative estimate of drug-likeness (QED) is 0.197. The average molecular weight is 655 g/mol. The number of nitrogens with zero attached hydrogens (tertiary/aromatic N) is 2. The molecule has 1 aliphatic heterocycles. The molecule has 0 bridgehead atoms.